The molecule has 2 unspecified atom stereocenters. The standard InChI is InChI=1S/C14H18N2O3/c1-9-2-4-11(5-3-9)13(14(18)19)16-8-10(7-15)6-12(16)17/h2-5,10,13H,6-8,15H2,1H3,(H,18,19). The van der Waals surface area contributed by atoms with Gasteiger partial charge in [-0.05, 0) is 24.9 Å². The van der Waals surface area contributed by atoms with Crippen LogP contribution in [0.15, 0.2) is 24.3 Å². The second-order valence-electron chi connectivity index (χ2n) is 5.00. The number of carboxylic acid groups (broad SMARTS) is 1. The topological polar surface area (TPSA) is 83.6 Å². The van der Waals surface area contributed by atoms with E-state index in [0.29, 0.717) is 25.1 Å². The van der Waals surface area contributed by atoms with E-state index in [1.165, 1.54) is 4.90 Å². The van der Waals surface area contributed by atoms with Gasteiger partial charge in [-0.3, -0.25) is 4.79 Å². The molecule has 0 saturated carbocycles. The molecular formula is C14H18N2O3. The Balaban J connectivity index is 2.28. The molecule has 3 N–H and O–H groups in total. The van der Waals surface area contributed by atoms with Crippen LogP contribution in [-0.2, 0) is 9.59 Å². The highest BCUT2D eigenvalue weighted by molar-refractivity contribution is 5.86. The van der Waals surface area contributed by atoms with Crippen molar-refractivity contribution in [1.29, 1.82) is 0 Å². The van der Waals surface area contributed by atoms with Crippen molar-refractivity contribution < 1.29 is 14.7 Å². The highest BCUT2D eigenvalue weighted by Crippen LogP contribution is 2.28. The molecule has 0 spiro atoms. The van der Waals surface area contributed by atoms with E-state index in [-0.39, 0.29) is 11.8 Å². The van der Waals surface area contributed by atoms with Crippen molar-refractivity contribution in [2.45, 2.75) is 19.4 Å². The molecule has 19 heavy (non-hydrogen) atoms. The number of nitrogens with zero attached hydrogens (tertiary/aromatic N) is 1. The summed E-state index contributed by atoms with van der Waals surface area (Å²) in [6, 6.07) is 6.32. The first kappa shape index (κ1) is 13.5. The van der Waals surface area contributed by atoms with Crippen LogP contribution in [0, 0.1) is 12.8 Å². The minimum Gasteiger partial charge on any atom is -0.479 e. The summed E-state index contributed by atoms with van der Waals surface area (Å²) < 4.78 is 0. The zero-order chi connectivity index (χ0) is 14.0. The maximum atomic E-state index is 11.9. The number of aryl methyl sites for hydroxylation is 1. The van der Waals surface area contributed by atoms with Gasteiger partial charge in [-0.15, -0.1) is 0 Å². The average molecular weight is 262 g/mol. The third kappa shape index (κ3) is 2.76. The van der Waals surface area contributed by atoms with Gasteiger partial charge < -0.3 is 15.7 Å². The fourth-order valence-electron chi connectivity index (χ4n) is 2.42. The maximum Gasteiger partial charge on any atom is 0.331 e. The quantitative estimate of drug-likeness (QED) is 0.845. The molecule has 0 aromatic heterocycles. The summed E-state index contributed by atoms with van der Waals surface area (Å²) in [5, 5.41) is 9.41. The fourth-order valence-corrected chi connectivity index (χ4v) is 2.42. The molecule has 1 aliphatic heterocycles. The highest BCUT2D eigenvalue weighted by Gasteiger charge is 2.37. The van der Waals surface area contributed by atoms with Gasteiger partial charge in [-0.2, -0.15) is 0 Å². The Kier molecular flexibility index (Phi) is 3.85. The van der Waals surface area contributed by atoms with E-state index >= 15 is 0 Å². The van der Waals surface area contributed by atoms with Crippen LogP contribution < -0.4 is 5.73 Å². The van der Waals surface area contributed by atoms with Gasteiger partial charge in [-0.25, -0.2) is 4.79 Å². The van der Waals surface area contributed by atoms with E-state index in [0.717, 1.165) is 5.56 Å². The smallest absolute Gasteiger partial charge is 0.331 e. The first-order valence-electron chi connectivity index (χ1n) is 6.32. The van der Waals surface area contributed by atoms with Gasteiger partial charge in [0.1, 0.15) is 0 Å². The van der Waals surface area contributed by atoms with Crippen molar-refractivity contribution >= 4 is 11.9 Å². The average Bonchev–Trinajstić information content (AvgIpc) is 2.73. The van der Waals surface area contributed by atoms with Gasteiger partial charge in [0, 0.05) is 13.0 Å². The van der Waals surface area contributed by atoms with E-state index in [2.05, 4.69) is 0 Å². The Morgan fingerprint density at radius 1 is 1.47 bits per heavy atom. The van der Waals surface area contributed by atoms with Crippen molar-refractivity contribution in [3.05, 3.63) is 35.4 Å². The lowest BCUT2D eigenvalue weighted by atomic mass is 10.0. The highest BCUT2D eigenvalue weighted by atomic mass is 16.4. The van der Waals surface area contributed by atoms with Crippen LogP contribution >= 0.6 is 0 Å². The molecule has 1 amide bonds. The number of amides is 1. The molecule has 2 atom stereocenters. The lowest BCUT2D eigenvalue weighted by Gasteiger charge is -2.25. The van der Waals surface area contributed by atoms with Crippen LogP contribution in [0.2, 0.25) is 0 Å². The van der Waals surface area contributed by atoms with Crippen LogP contribution in [0.5, 0.6) is 0 Å². The molecule has 1 saturated heterocycles. The number of aliphatic carboxylic acids is 1. The Bertz CT molecular complexity index is 484. The summed E-state index contributed by atoms with van der Waals surface area (Å²) in [5.74, 6) is -1.09. The molecule has 1 aromatic carbocycles. The number of carbonyl (C=O) groups is 2. The van der Waals surface area contributed by atoms with E-state index in [9.17, 15) is 14.7 Å². The zero-order valence-electron chi connectivity index (χ0n) is 10.9. The summed E-state index contributed by atoms with van der Waals surface area (Å²) in [7, 11) is 0. The van der Waals surface area contributed by atoms with E-state index in [1.54, 1.807) is 12.1 Å². The lowest BCUT2D eigenvalue weighted by Crippen LogP contribution is -2.35. The van der Waals surface area contributed by atoms with E-state index in [1.807, 2.05) is 19.1 Å². The van der Waals surface area contributed by atoms with Crippen molar-refractivity contribution in [2.24, 2.45) is 11.7 Å². The summed E-state index contributed by atoms with van der Waals surface area (Å²) in [4.78, 5) is 24.8. The normalized spacial score (nSPS) is 20.6. The molecule has 1 aliphatic rings. The molecule has 2 rings (SSSR count). The Hall–Kier alpha value is -1.88. The maximum absolute atomic E-state index is 11.9. The summed E-state index contributed by atoms with van der Waals surface area (Å²) in [5.41, 5.74) is 7.25. The van der Waals surface area contributed by atoms with Gasteiger partial charge in [-0.1, -0.05) is 29.8 Å². The largest absolute Gasteiger partial charge is 0.479 e. The van der Waals surface area contributed by atoms with Crippen molar-refractivity contribution in [1.82, 2.24) is 4.90 Å². The predicted molar refractivity (Wildman–Crippen MR) is 70.4 cm³/mol. The number of rotatable bonds is 4. The van der Waals surface area contributed by atoms with Crippen molar-refractivity contribution in [2.75, 3.05) is 13.1 Å². The van der Waals surface area contributed by atoms with Crippen LogP contribution in [-0.4, -0.2) is 35.0 Å². The van der Waals surface area contributed by atoms with Gasteiger partial charge in [0.2, 0.25) is 5.91 Å². The second-order valence-corrected chi connectivity index (χ2v) is 5.00. The second kappa shape index (κ2) is 5.40. The molecule has 0 radical (unpaired) electrons. The molecule has 0 bridgehead atoms. The van der Waals surface area contributed by atoms with Gasteiger partial charge >= 0.3 is 5.97 Å². The molecule has 0 aliphatic carbocycles. The van der Waals surface area contributed by atoms with E-state index < -0.39 is 12.0 Å². The number of carboxylic acids is 1. The number of likely N-dealkylation sites (tertiary alicyclic amines) is 1. The number of hydrogen-bond acceptors (Lipinski definition) is 3. The van der Waals surface area contributed by atoms with Gasteiger partial charge in [0.25, 0.3) is 0 Å². The number of nitrogens with two attached hydrogens (primary N) is 1. The number of benzene rings is 1. The molecule has 5 heteroatoms. The minimum atomic E-state index is -1.00. The molecule has 5 nitrogen and oxygen atoms in total. The first-order chi connectivity index (χ1) is 9.02. The Morgan fingerprint density at radius 2 is 2.11 bits per heavy atom. The Morgan fingerprint density at radius 3 is 2.58 bits per heavy atom. The minimum absolute atomic E-state index is 0.0554. The fraction of sp³-hybridized carbons (Fsp3) is 0.429. The molecule has 1 fully saturated rings. The van der Waals surface area contributed by atoms with Crippen molar-refractivity contribution in [3.63, 3.8) is 0 Å². The lowest BCUT2D eigenvalue weighted by molar-refractivity contribution is -0.148. The van der Waals surface area contributed by atoms with Crippen LogP contribution in [0.3, 0.4) is 0 Å². The molecule has 1 heterocycles. The van der Waals surface area contributed by atoms with Crippen LogP contribution in [0.4, 0.5) is 0 Å². The Labute approximate surface area is 112 Å². The molecule has 102 valence electrons. The van der Waals surface area contributed by atoms with Crippen molar-refractivity contribution in [3.8, 4) is 0 Å². The summed E-state index contributed by atoms with van der Waals surface area (Å²) in [6.07, 6.45) is 0.339. The third-order valence-electron chi connectivity index (χ3n) is 3.51. The zero-order valence-corrected chi connectivity index (χ0v) is 10.9. The summed E-state index contributed by atoms with van der Waals surface area (Å²) in [6.45, 7) is 2.76. The number of carbonyl (C=O) groups excluding carboxylic acids is 1. The monoisotopic (exact) mass is 262 g/mol. The summed E-state index contributed by atoms with van der Waals surface area (Å²) >= 11 is 0. The first-order valence-corrected chi connectivity index (χ1v) is 6.32. The SMILES string of the molecule is Cc1ccc(C(C(=O)O)N2CC(CN)CC2=O)cc1. The number of hydrogen-bond donors (Lipinski definition) is 2. The van der Waals surface area contributed by atoms with E-state index in [4.69, 9.17) is 5.73 Å². The van der Waals surface area contributed by atoms with Gasteiger partial charge in [0.05, 0.1) is 0 Å². The predicted octanol–water partition coefficient (Wildman–Crippen LogP) is 0.928. The van der Waals surface area contributed by atoms with Crippen LogP contribution in [0.1, 0.15) is 23.6 Å². The van der Waals surface area contributed by atoms with Crippen LogP contribution in [0.25, 0.3) is 0 Å². The molecule has 1 aromatic rings. The van der Waals surface area contributed by atoms with Gasteiger partial charge in [0.15, 0.2) is 6.04 Å². The molecular weight excluding hydrogens is 244 g/mol. The third-order valence-corrected chi connectivity index (χ3v) is 3.51.